The summed E-state index contributed by atoms with van der Waals surface area (Å²) in [5, 5.41) is 2.94. The molecule has 26 heavy (non-hydrogen) atoms. The normalized spacial score (nSPS) is 16.0. The predicted octanol–water partition coefficient (Wildman–Crippen LogP) is 3.17. The molecular formula is C21H28N4O. The Kier molecular flexibility index (Phi) is 6.61. The monoisotopic (exact) mass is 352 g/mol. The minimum atomic E-state index is -0.278. The molecule has 3 rings (SSSR count). The van der Waals surface area contributed by atoms with Gasteiger partial charge in [-0.15, -0.1) is 0 Å². The summed E-state index contributed by atoms with van der Waals surface area (Å²) in [6, 6.07) is 13.5. The lowest BCUT2D eigenvalue weighted by Gasteiger charge is -2.21. The Labute approximate surface area is 155 Å². The van der Waals surface area contributed by atoms with Gasteiger partial charge in [0, 0.05) is 38.3 Å². The van der Waals surface area contributed by atoms with E-state index in [4.69, 9.17) is 5.73 Å². The van der Waals surface area contributed by atoms with Crippen molar-refractivity contribution in [1.29, 1.82) is 0 Å². The van der Waals surface area contributed by atoms with Crippen LogP contribution < -0.4 is 16.0 Å². The van der Waals surface area contributed by atoms with Crippen LogP contribution in [0.4, 0.5) is 5.82 Å². The summed E-state index contributed by atoms with van der Waals surface area (Å²) < 4.78 is 0. The largest absolute Gasteiger partial charge is 0.357 e. The summed E-state index contributed by atoms with van der Waals surface area (Å²) in [7, 11) is 0. The van der Waals surface area contributed by atoms with E-state index in [1.54, 1.807) is 0 Å². The van der Waals surface area contributed by atoms with E-state index in [0.29, 0.717) is 6.54 Å². The fraction of sp³-hybridized carbons (Fsp3) is 0.429. The van der Waals surface area contributed by atoms with E-state index in [-0.39, 0.29) is 18.4 Å². The second kappa shape index (κ2) is 9.34. The minimum Gasteiger partial charge on any atom is -0.357 e. The van der Waals surface area contributed by atoms with Crippen LogP contribution in [0.1, 0.15) is 49.3 Å². The summed E-state index contributed by atoms with van der Waals surface area (Å²) >= 11 is 0. The average molecular weight is 352 g/mol. The van der Waals surface area contributed by atoms with E-state index in [1.165, 1.54) is 25.7 Å². The van der Waals surface area contributed by atoms with Gasteiger partial charge < -0.3 is 16.0 Å². The molecule has 3 N–H and O–H groups in total. The third kappa shape index (κ3) is 5.30. The van der Waals surface area contributed by atoms with Crippen LogP contribution >= 0.6 is 0 Å². The van der Waals surface area contributed by atoms with Crippen molar-refractivity contribution in [3.63, 3.8) is 0 Å². The molecule has 0 bridgehead atoms. The zero-order chi connectivity index (χ0) is 18.2. The Morgan fingerprint density at radius 1 is 1.08 bits per heavy atom. The molecule has 1 fully saturated rings. The van der Waals surface area contributed by atoms with Crippen molar-refractivity contribution in [3.8, 4) is 0 Å². The fourth-order valence-electron chi connectivity index (χ4n) is 3.30. The molecule has 0 radical (unpaired) electrons. The summed E-state index contributed by atoms with van der Waals surface area (Å²) in [5.74, 6) is 0.992. The van der Waals surface area contributed by atoms with Gasteiger partial charge in [-0.2, -0.15) is 0 Å². The van der Waals surface area contributed by atoms with Crippen LogP contribution in [-0.4, -0.2) is 24.0 Å². The number of carbonyl (C=O) groups is 1. The van der Waals surface area contributed by atoms with Gasteiger partial charge in [-0.25, -0.2) is 4.98 Å². The number of nitrogens with zero attached hydrogens (tertiary/aromatic N) is 2. The SMILES string of the molecule is NC(CC(=O)NCc1ccc(N2CCCCCC2)nc1)c1ccccc1. The molecule has 138 valence electrons. The van der Waals surface area contributed by atoms with Crippen molar-refractivity contribution >= 4 is 11.7 Å². The summed E-state index contributed by atoms with van der Waals surface area (Å²) in [6.07, 6.45) is 7.24. The molecule has 0 aliphatic carbocycles. The molecule has 0 saturated carbocycles. The standard InChI is InChI=1S/C21H28N4O/c22-19(18-8-4-3-5-9-18)14-21(26)24-16-17-10-11-20(23-15-17)25-12-6-1-2-7-13-25/h3-5,8-11,15,19H,1-2,6-7,12-14,16,22H2,(H,24,26). The van der Waals surface area contributed by atoms with Crippen LogP contribution in [0, 0.1) is 0 Å². The highest BCUT2D eigenvalue weighted by atomic mass is 16.1. The number of amides is 1. The summed E-state index contributed by atoms with van der Waals surface area (Å²) in [4.78, 5) is 19.1. The molecule has 1 atom stereocenters. The van der Waals surface area contributed by atoms with Gasteiger partial charge >= 0.3 is 0 Å². The van der Waals surface area contributed by atoms with Gasteiger partial charge in [0.1, 0.15) is 5.82 Å². The van der Waals surface area contributed by atoms with Crippen LogP contribution in [0.2, 0.25) is 0 Å². The number of hydrogen-bond donors (Lipinski definition) is 2. The number of nitrogens with one attached hydrogen (secondary N) is 1. The lowest BCUT2D eigenvalue weighted by molar-refractivity contribution is -0.121. The van der Waals surface area contributed by atoms with Gasteiger partial charge in [-0.1, -0.05) is 49.2 Å². The Morgan fingerprint density at radius 2 is 1.81 bits per heavy atom. The second-order valence-corrected chi connectivity index (χ2v) is 6.92. The van der Waals surface area contributed by atoms with Gasteiger partial charge in [0.25, 0.3) is 0 Å². The van der Waals surface area contributed by atoms with E-state index < -0.39 is 0 Å². The Hall–Kier alpha value is -2.40. The molecule has 1 aromatic heterocycles. The van der Waals surface area contributed by atoms with Crippen LogP contribution in [0.3, 0.4) is 0 Å². The number of nitrogens with two attached hydrogens (primary N) is 1. The first kappa shape index (κ1) is 18.4. The zero-order valence-electron chi connectivity index (χ0n) is 15.2. The smallest absolute Gasteiger partial charge is 0.222 e. The molecule has 5 heteroatoms. The maximum Gasteiger partial charge on any atom is 0.222 e. The van der Waals surface area contributed by atoms with Crippen molar-refractivity contribution in [3.05, 3.63) is 59.8 Å². The molecule has 1 aromatic carbocycles. The molecular weight excluding hydrogens is 324 g/mol. The fourth-order valence-corrected chi connectivity index (χ4v) is 3.30. The molecule has 1 aliphatic rings. The van der Waals surface area contributed by atoms with Gasteiger partial charge in [0.15, 0.2) is 0 Å². The molecule has 2 aromatic rings. The first-order chi connectivity index (χ1) is 12.7. The molecule has 1 aliphatic heterocycles. The van der Waals surface area contributed by atoms with Crippen molar-refractivity contribution in [2.24, 2.45) is 5.73 Å². The van der Waals surface area contributed by atoms with Gasteiger partial charge in [-0.05, 0) is 30.0 Å². The van der Waals surface area contributed by atoms with E-state index in [9.17, 15) is 4.79 Å². The molecule has 5 nitrogen and oxygen atoms in total. The number of pyridine rings is 1. The zero-order valence-corrected chi connectivity index (χ0v) is 15.2. The Morgan fingerprint density at radius 3 is 2.46 bits per heavy atom. The number of carbonyl (C=O) groups excluding carboxylic acids is 1. The summed E-state index contributed by atoms with van der Waals surface area (Å²) in [5.41, 5.74) is 8.08. The van der Waals surface area contributed by atoms with E-state index in [1.807, 2.05) is 42.6 Å². The van der Waals surface area contributed by atoms with Crippen LogP contribution in [-0.2, 0) is 11.3 Å². The molecule has 1 unspecified atom stereocenters. The lowest BCUT2D eigenvalue weighted by atomic mass is 10.0. The molecule has 0 spiro atoms. The van der Waals surface area contributed by atoms with Gasteiger partial charge in [-0.3, -0.25) is 4.79 Å². The number of rotatable bonds is 6. The van der Waals surface area contributed by atoms with Crippen LogP contribution in [0.5, 0.6) is 0 Å². The van der Waals surface area contributed by atoms with Gasteiger partial charge in [0.05, 0.1) is 0 Å². The quantitative estimate of drug-likeness (QED) is 0.838. The van der Waals surface area contributed by atoms with Crippen molar-refractivity contribution in [1.82, 2.24) is 10.3 Å². The Balaban J connectivity index is 1.47. The topological polar surface area (TPSA) is 71.2 Å². The number of aromatic nitrogens is 1. The first-order valence-electron chi connectivity index (χ1n) is 9.49. The number of anilines is 1. The predicted molar refractivity (Wildman–Crippen MR) is 105 cm³/mol. The highest BCUT2D eigenvalue weighted by Crippen LogP contribution is 2.17. The number of benzene rings is 1. The number of hydrogen-bond acceptors (Lipinski definition) is 4. The third-order valence-corrected chi connectivity index (χ3v) is 4.86. The summed E-state index contributed by atoms with van der Waals surface area (Å²) in [6.45, 7) is 2.65. The lowest BCUT2D eigenvalue weighted by Crippen LogP contribution is -2.27. The molecule has 1 saturated heterocycles. The maximum absolute atomic E-state index is 12.1. The highest BCUT2D eigenvalue weighted by Gasteiger charge is 2.12. The van der Waals surface area contributed by atoms with E-state index in [2.05, 4.69) is 21.3 Å². The van der Waals surface area contributed by atoms with E-state index >= 15 is 0 Å². The van der Waals surface area contributed by atoms with Crippen molar-refractivity contribution in [2.75, 3.05) is 18.0 Å². The van der Waals surface area contributed by atoms with E-state index in [0.717, 1.165) is 30.0 Å². The van der Waals surface area contributed by atoms with Crippen molar-refractivity contribution in [2.45, 2.75) is 44.7 Å². The van der Waals surface area contributed by atoms with Crippen LogP contribution in [0.15, 0.2) is 48.7 Å². The molecule has 1 amide bonds. The minimum absolute atomic E-state index is 0.0436. The van der Waals surface area contributed by atoms with Gasteiger partial charge in [0.2, 0.25) is 5.91 Å². The maximum atomic E-state index is 12.1. The highest BCUT2D eigenvalue weighted by molar-refractivity contribution is 5.76. The third-order valence-electron chi connectivity index (χ3n) is 4.86. The molecule has 2 heterocycles. The van der Waals surface area contributed by atoms with Crippen molar-refractivity contribution < 1.29 is 4.79 Å². The Bertz CT molecular complexity index is 679. The first-order valence-corrected chi connectivity index (χ1v) is 9.49. The second-order valence-electron chi connectivity index (χ2n) is 6.92. The van der Waals surface area contributed by atoms with Crippen LogP contribution in [0.25, 0.3) is 0 Å². The average Bonchev–Trinajstić information content (AvgIpc) is 2.97.